The van der Waals surface area contributed by atoms with Crippen molar-refractivity contribution in [2.45, 2.75) is 142 Å². The Morgan fingerprint density at radius 3 is 1.04 bits per heavy atom. The largest absolute Gasteiger partial charge is 0.456 e. The smallest absolute Gasteiger partial charge is 0.303 e. The van der Waals surface area contributed by atoms with Crippen LogP contribution in [0.15, 0.2) is 0 Å². The molecule has 2 aromatic rings. The lowest BCUT2D eigenvalue weighted by Gasteiger charge is -2.48. The van der Waals surface area contributed by atoms with Crippen molar-refractivity contribution in [3.8, 4) is 0 Å². The van der Waals surface area contributed by atoms with Gasteiger partial charge in [-0.15, -0.1) is 10.2 Å². The monoisotopic (exact) mass is 992 g/mol. The second-order valence-corrected chi connectivity index (χ2v) is 15.1. The number of aromatic nitrogens is 6. The average Bonchev–Trinajstić information content (AvgIpc) is 3.84. The number of aliphatic hydroxyl groups excluding tert-OH is 4. The van der Waals surface area contributed by atoms with E-state index in [1.807, 2.05) is 0 Å². The number of nitrogens with zero attached hydrogens (tertiary/aromatic N) is 6. The molecule has 10 atom stereocenters. The first-order chi connectivity index (χ1) is 33.0. The summed E-state index contributed by atoms with van der Waals surface area (Å²) in [5.41, 5.74) is 1.05. The molecule has 0 unspecified atom stereocenters. The molecule has 0 spiro atoms. The SMILES string of the molecule is CC(=O)O[C@@H]1[C@@H](OC(C)=O)[C@@H](O[C@H]2O[C@H](Cn3nnc(COCCO)c3COCCO)[C@@H](OC(C)=O)[C@H](OC(C)=O)[C@H]2OC(C)=O)O[C@H](Cn2nnc(COCCO)c2COCCO)[C@H]1OC(C)=O. The minimum atomic E-state index is -1.92. The highest BCUT2D eigenvalue weighted by atomic mass is 16.8. The van der Waals surface area contributed by atoms with Crippen LogP contribution in [0.5, 0.6) is 0 Å². The fourth-order valence-corrected chi connectivity index (χ4v) is 7.20. The number of hydrogen-bond donors (Lipinski definition) is 4. The molecule has 29 heteroatoms. The van der Waals surface area contributed by atoms with Gasteiger partial charge < -0.3 is 82.0 Å². The molecule has 2 aliphatic heterocycles. The lowest BCUT2D eigenvalue weighted by atomic mass is 9.96. The fourth-order valence-electron chi connectivity index (χ4n) is 7.20. The summed E-state index contributed by atoms with van der Waals surface area (Å²) in [6, 6.07) is 0. The van der Waals surface area contributed by atoms with Gasteiger partial charge in [-0.05, 0) is 0 Å². The second-order valence-electron chi connectivity index (χ2n) is 15.1. The van der Waals surface area contributed by atoms with Gasteiger partial charge in [-0.2, -0.15) is 0 Å². The van der Waals surface area contributed by atoms with E-state index < -0.39 is 110 Å². The minimum Gasteiger partial charge on any atom is -0.456 e. The summed E-state index contributed by atoms with van der Waals surface area (Å²) in [5.74, 6) is -5.57. The molecule has 69 heavy (non-hydrogen) atoms. The van der Waals surface area contributed by atoms with Gasteiger partial charge in [0.05, 0.1) is 104 Å². The Kier molecular flexibility index (Phi) is 23.1. The summed E-state index contributed by atoms with van der Waals surface area (Å²) in [6.45, 7) is 3.19. The summed E-state index contributed by atoms with van der Waals surface area (Å²) in [4.78, 5) is 76.7. The standard InChI is InChI=1S/C40H60N6O23/c1-21(51)61-33-31(15-45-29(19-59-13-9-49)27(41-43-45)17-57-11-7-47)67-39(37(65-25(5)55)35(33)63-23(3)53)69-40-38(66-26(6)56)36(64-24(4)54)34(62-22(2)52)32(68-40)16-46-30(20-60-14-10-50)28(42-44-46)18-58-12-8-48/h31-40,47-50H,7-20H2,1-6H3/t31-,32-,33-,34-,35+,36+,37-,38-,39-,40-/m1/s1. The molecule has 0 radical (unpaired) electrons. The van der Waals surface area contributed by atoms with Crippen LogP contribution in [-0.4, -0.2) is 200 Å². The Morgan fingerprint density at radius 1 is 0.449 bits per heavy atom. The third-order valence-electron chi connectivity index (χ3n) is 9.70. The van der Waals surface area contributed by atoms with E-state index in [4.69, 9.17) is 61.6 Å². The normalized spacial score (nSPS) is 24.6. The van der Waals surface area contributed by atoms with E-state index in [1.165, 1.54) is 9.36 Å². The summed E-state index contributed by atoms with van der Waals surface area (Å²) in [5, 5.41) is 54.1. The van der Waals surface area contributed by atoms with Crippen LogP contribution in [0.4, 0.5) is 0 Å². The molecule has 4 heterocycles. The summed E-state index contributed by atoms with van der Waals surface area (Å²) < 4.78 is 78.0. The Balaban J connectivity index is 1.88. The number of hydrogen-bond acceptors (Lipinski definition) is 27. The zero-order valence-corrected chi connectivity index (χ0v) is 38.9. The number of carbonyl (C=O) groups is 6. The first kappa shape index (κ1) is 56.2. The highest BCUT2D eigenvalue weighted by Crippen LogP contribution is 2.36. The van der Waals surface area contributed by atoms with Crippen molar-refractivity contribution in [1.82, 2.24) is 30.0 Å². The lowest BCUT2D eigenvalue weighted by molar-refractivity contribution is -0.376. The number of rotatable bonds is 28. The molecule has 388 valence electrons. The molecule has 2 aromatic heterocycles. The number of esters is 6. The molecule has 0 saturated carbocycles. The van der Waals surface area contributed by atoms with Crippen LogP contribution in [0.2, 0.25) is 0 Å². The first-order valence-electron chi connectivity index (χ1n) is 21.6. The van der Waals surface area contributed by atoms with E-state index in [2.05, 4.69) is 20.6 Å². The van der Waals surface area contributed by atoms with Gasteiger partial charge in [0.15, 0.2) is 36.6 Å². The van der Waals surface area contributed by atoms with Gasteiger partial charge >= 0.3 is 35.8 Å². The van der Waals surface area contributed by atoms with E-state index in [0.717, 1.165) is 41.5 Å². The third kappa shape index (κ3) is 16.9. The number of carbonyl (C=O) groups excluding carboxylic acids is 6. The van der Waals surface area contributed by atoms with Gasteiger partial charge in [0.25, 0.3) is 0 Å². The summed E-state index contributed by atoms with van der Waals surface area (Å²) in [7, 11) is 0. The van der Waals surface area contributed by atoms with Crippen molar-refractivity contribution in [1.29, 1.82) is 0 Å². The zero-order chi connectivity index (χ0) is 50.6. The van der Waals surface area contributed by atoms with Crippen molar-refractivity contribution in [3.63, 3.8) is 0 Å². The van der Waals surface area contributed by atoms with Crippen LogP contribution in [0, 0.1) is 0 Å². The molecule has 0 aromatic carbocycles. The lowest BCUT2D eigenvalue weighted by Crippen LogP contribution is -2.66. The van der Waals surface area contributed by atoms with E-state index in [9.17, 15) is 49.2 Å². The highest BCUT2D eigenvalue weighted by molar-refractivity contribution is 5.69. The Bertz CT molecular complexity index is 1850. The van der Waals surface area contributed by atoms with E-state index in [1.54, 1.807) is 0 Å². The maximum atomic E-state index is 12.8. The predicted octanol–water partition coefficient (Wildman–Crippen LogP) is -3.34. The van der Waals surface area contributed by atoms with Crippen molar-refractivity contribution < 1.29 is 111 Å². The molecular formula is C40H60N6O23. The third-order valence-corrected chi connectivity index (χ3v) is 9.70. The fraction of sp³-hybridized carbons (Fsp3) is 0.750. The van der Waals surface area contributed by atoms with Crippen LogP contribution in [0.25, 0.3) is 0 Å². The van der Waals surface area contributed by atoms with Crippen LogP contribution < -0.4 is 0 Å². The minimum absolute atomic E-state index is 0.0521. The Morgan fingerprint density at radius 2 is 0.739 bits per heavy atom. The van der Waals surface area contributed by atoms with E-state index >= 15 is 0 Å². The maximum absolute atomic E-state index is 12.8. The van der Waals surface area contributed by atoms with Gasteiger partial charge in [0.2, 0.25) is 12.6 Å². The molecule has 4 rings (SSSR count). The molecule has 0 bridgehead atoms. The van der Waals surface area contributed by atoms with Crippen LogP contribution >= 0.6 is 0 Å². The van der Waals surface area contributed by atoms with Gasteiger partial charge in [-0.3, -0.25) is 28.8 Å². The Hall–Kier alpha value is -5.34. The maximum Gasteiger partial charge on any atom is 0.303 e. The molecule has 2 aliphatic rings. The molecule has 29 nitrogen and oxygen atoms in total. The summed E-state index contributed by atoms with van der Waals surface area (Å²) >= 11 is 0. The first-order valence-corrected chi connectivity index (χ1v) is 21.6. The molecule has 2 fully saturated rings. The predicted molar refractivity (Wildman–Crippen MR) is 219 cm³/mol. The van der Waals surface area contributed by atoms with Gasteiger partial charge in [0, 0.05) is 41.5 Å². The van der Waals surface area contributed by atoms with Crippen molar-refractivity contribution >= 4 is 35.8 Å². The van der Waals surface area contributed by atoms with Crippen molar-refractivity contribution in [2.75, 3.05) is 52.9 Å². The topological polar surface area (TPSA) is 365 Å². The Labute approximate surface area is 394 Å². The van der Waals surface area contributed by atoms with Crippen LogP contribution in [0.3, 0.4) is 0 Å². The zero-order valence-electron chi connectivity index (χ0n) is 38.9. The van der Waals surface area contributed by atoms with Gasteiger partial charge in [-0.25, -0.2) is 9.36 Å². The van der Waals surface area contributed by atoms with E-state index in [0.29, 0.717) is 0 Å². The van der Waals surface area contributed by atoms with Gasteiger partial charge in [-0.1, -0.05) is 10.4 Å². The molecular weight excluding hydrogens is 932 g/mol. The number of aliphatic hydroxyl groups is 4. The van der Waals surface area contributed by atoms with Crippen molar-refractivity contribution in [3.05, 3.63) is 22.8 Å². The van der Waals surface area contributed by atoms with E-state index in [-0.39, 0.29) is 102 Å². The molecule has 2 saturated heterocycles. The average molecular weight is 993 g/mol. The van der Waals surface area contributed by atoms with Crippen molar-refractivity contribution in [2.24, 2.45) is 0 Å². The molecule has 0 amide bonds. The highest BCUT2D eigenvalue weighted by Gasteiger charge is 2.58. The van der Waals surface area contributed by atoms with Gasteiger partial charge in [0.1, 0.15) is 23.6 Å². The number of ether oxygens (including phenoxy) is 13. The summed E-state index contributed by atoms with van der Waals surface area (Å²) in [6.07, 6.45) is -16.9. The molecule has 4 N–H and O–H groups in total. The molecule has 0 aliphatic carbocycles. The quantitative estimate of drug-likeness (QED) is 0.0368. The van der Waals surface area contributed by atoms with Crippen LogP contribution in [0.1, 0.15) is 64.3 Å². The van der Waals surface area contributed by atoms with Crippen LogP contribution in [-0.2, 0) is 130 Å². The second kappa shape index (κ2) is 28.4.